The summed E-state index contributed by atoms with van der Waals surface area (Å²) < 4.78 is 16.3. The fourth-order valence-electron chi connectivity index (χ4n) is 2.98. The van der Waals surface area contributed by atoms with E-state index in [0.717, 1.165) is 5.56 Å². The number of amides is 1. The van der Waals surface area contributed by atoms with Gasteiger partial charge in [-0.1, -0.05) is 41.4 Å². The summed E-state index contributed by atoms with van der Waals surface area (Å²) in [4.78, 5) is 24.4. The van der Waals surface area contributed by atoms with Crippen LogP contribution < -0.4 is 14.8 Å². The van der Waals surface area contributed by atoms with E-state index in [1.807, 2.05) is 6.92 Å². The van der Waals surface area contributed by atoms with Crippen LogP contribution in [0, 0.1) is 0 Å². The van der Waals surface area contributed by atoms with Crippen molar-refractivity contribution < 1.29 is 23.8 Å². The number of carbonyl (C=O) groups excluding carboxylic acids is 2. The smallest absolute Gasteiger partial charge is 0.331 e. The Morgan fingerprint density at radius 2 is 1.51 bits per heavy atom. The van der Waals surface area contributed by atoms with Crippen molar-refractivity contribution in [2.24, 2.45) is 0 Å². The van der Waals surface area contributed by atoms with E-state index < -0.39 is 18.0 Å². The van der Waals surface area contributed by atoms with Gasteiger partial charge in [-0.3, -0.25) is 4.79 Å². The molecule has 0 fully saturated rings. The molecule has 1 amide bonds. The van der Waals surface area contributed by atoms with Gasteiger partial charge in [-0.2, -0.15) is 0 Å². The summed E-state index contributed by atoms with van der Waals surface area (Å²) in [6.07, 6.45) is 1.89. The Balaban J connectivity index is 1.47. The van der Waals surface area contributed by atoms with Gasteiger partial charge in [0.15, 0.2) is 6.10 Å². The molecule has 0 saturated heterocycles. The third-order valence-corrected chi connectivity index (χ3v) is 5.54. The molecule has 0 aromatic heterocycles. The maximum absolute atomic E-state index is 12.3. The molecule has 0 spiro atoms. The van der Waals surface area contributed by atoms with Crippen molar-refractivity contribution in [3.8, 4) is 11.5 Å². The van der Waals surface area contributed by atoms with Crippen LogP contribution in [0.15, 0.2) is 72.8 Å². The van der Waals surface area contributed by atoms with Crippen molar-refractivity contribution in [3.63, 3.8) is 0 Å². The summed E-state index contributed by atoms with van der Waals surface area (Å²) in [6, 6.07) is 19.3. The molecule has 182 valence electrons. The molecule has 1 N–H and O–H groups in total. The zero-order chi connectivity index (χ0) is 25.2. The van der Waals surface area contributed by atoms with Crippen molar-refractivity contribution in [3.05, 3.63) is 94.0 Å². The topological polar surface area (TPSA) is 73.9 Å². The molecule has 3 rings (SSSR count). The fourth-order valence-corrected chi connectivity index (χ4v) is 3.48. The molecule has 0 bridgehead atoms. The van der Waals surface area contributed by atoms with Gasteiger partial charge in [0.2, 0.25) is 0 Å². The van der Waals surface area contributed by atoms with E-state index in [4.69, 9.17) is 37.4 Å². The second-order valence-electron chi connectivity index (χ2n) is 7.42. The minimum atomic E-state index is -0.967. The van der Waals surface area contributed by atoms with Crippen LogP contribution in [-0.2, 0) is 20.9 Å². The molecular weight excluding hydrogens is 489 g/mol. The average Bonchev–Trinajstić information content (AvgIpc) is 2.84. The molecule has 0 aliphatic heterocycles. The minimum absolute atomic E-state index is 0.233. The van der Waals surface area contributed by atoms with Crippen LogP contribution >= 0.6 is 23.2 Å². The van der Waals surface area contributed by atoms with Gasteiger partial charge in [0.1, 0.15) is 18.1 Å². The quantitative estimate of drug-likeness (QED) is 0.245. The van der Waals surface area contributed by atoms with E-state index in [2.05, 4.69) is 5.32 Å². The number of esters is 1. The van der Waals surface area contributed by atoms with Crippen LogP contribution in [0.3, 0.4) is 0 Å². The van der Waals surface area contributed by atoms with Gasteiger partial charge in [-0.25, -0.2) is 4.79 Å². The summed E-state index contributed by atoms with van der Waals surface area (Å²) in [7, 11) is 0. The van der Waals surface area contributed by atoms with Crippen molar-refractivity contribution in [1.29, 1.82) is 0 Å². The Bertz CT molecular complexity index is 1160. The Kier molecular flexibility index (Phi) is 9.58. The third-order valence-electron chi connectivity index (χ3n) is 4.83. The first kappa shape index (κ1) is 26.1. The molecule has 0 saturated carbocycles. The van der Waals surface area contributed by atoms with Gasteiger partial charge in [0, 0.05) is 27.4 Å². The highest BCUT2D eigenvalue weighted by atomic mass is 35.5. The first-order chi connectivity index (χ1) is 16.9. The third kappa shape index (κ3) is 8.05. The zero-order valence-electron chi connectivity index (χ0n) is 19.3. The first-order valence-electron chi connectivity index (χ1n) is 10.9. The number of anilines is 1. The lowest BCUT2D eigenvalue weighted by Crippen LogP contribution is -2.29. The van der Waals surface area contributed by atoms with E-state index in [0.29, 0.717) is 39.4 Å². The summed E-state index contributed by atoms with van der Waals surface area (Å²) in [6.45, 7) is 4.19. The number of rotatable bonds is 10. The van der Waals surface area contributed by atoms with Crippen LogP contribution in [0.2, 0.25) is 10.0 Å². The molecular formula is C27H25Cl2NO5. The van der Waals surface area contributed by atoms with Crippen LogP contribution in [0.5, 0.6) is 11.5 Å². The van der Waals surface area contributed by atoms with E-state index in [9.17, 15) is 9.59 Å². The van der Waals surface area contributed by atoms with Crippen LogP contribution in [0.4, 0.5) is 5.69 Å². The number of ether oxygens (including phenoxy) is 3. The van der Waals surface area contributed by atoms with Crippen molar-refractivity contribution in [2.45, 2.75) is 26.6 Å². The number of benzene rings is 3. The monoisotopic (exact) mass is 513 g/mol. The van der Waals surface area contributed by atoms with E-state index in [1.165, 1.54) is 13.0 Å². The molecule has 0 aliphatic rings. The van der Waals surface area contributed by atoms with Crippen LogP contribution in [0.1, 0.15) is 25.0 Å². The molecule has 3 aromatic rings. The standard InChI is InChI=1S/C27H25Cl2NO5/c1-3-33-21-14-10-20(11-15-21)30-27(32)18(2)35-26(31)16-9-19-7-12-22(13-8-19)34-17-23-24(28)5-4-6-25(23)29/h4-16,18H,3,17H2,1-2H3,(H,30,32). The highest BCUT2D eigenvalue weighted by Crippen LogP contribution is 2.26. The molecule has 3 aromatic carbocycles. The number of hydrogen-bond acceptors (Lipinski definition) is 5. The van der Waals surface area contributed by atoms with Gasteiger partial charge in [0.25, 0.3) is 5.91 Å². The van der Waals surface area contributed by atoms with Gasteiger partial charge in [-0.15, -0.1) is 0 Å². The van der Waals surface area contributed by atoms with Crippen molar-refractivity contribution >= 4 is 46.8 Å². The van der Waals surface area contributed by atoms with Gasteiger partial charge in [0.05, 0.1) is 6.61 Å². The van der Waals surface area contributed by atoms with Crippen LogP contribution in [-0.4, -0.2) is 24.6 Å². The lowest BCUT2D eigenvalue weighted by atomic mass is 10.2. The van der Waals surface area contributed by atoms with E-state index in [1.54, 1.807) is 72.8 Å². The second-order valence-corrected chi connectivity index (χ2v) is 8.23. The SMILES string of the molecule is CCOc1ccc(NC(=O)C(C)OC(=O)C=Cc2ccc(OCc3c(Cl)cccc3Cl)cc2)cc1. The number of carbonyl (C=O) groups is 2. The first-order valence-corrected chi connectivity index (χ1v) is 11.7. The van der Waals surface area contributed by atoms with Crippen molar-refractivity contribution in [2.75, 3.05) is 11.9 Å². The molecule has 1 atom stereocenters. The second kappa shape index (κ2) is 12.8. The zero-order valence-corrected chi connectivity index (χ0v) is 20.8. The maximum atomic E-state index is 12.3. The summed E-state index contributed by atoms with van der Waals surface area (Å²) in [5.74, 6) is 0.268. The molecule has 0 radical (unpaired) electrons. The summed E-state index contributed by atoms with van der Waals surface area (Å²) in [5, 5.41) is 3.78. The van der Waals surface area contributed by atoms with Gasteiger partial charge in [-0.05, 0) is 74.0 Å². The molecule has 1 unspecified atom stereocenters. The number of nitrogens with one attached hydrogen (secondary N) is 1. The predicted molar refractivity (Wildman–Crippen MR) is 138 cm³/mol. The Morgan fingerprint density at radius 3 is 2.14 bits per heavy atom. The molecule has 6 nitrogen and oxygen atoms in total. The Morgan fingerprint density at radius 1 is 0.914 bits per heavy atom. The van der Waals surface area contributed by atoms with Crippen molar-refractivity contribution in [1.82, 2.24) is 0 Å². The predicted octanol–water partition coefficient (Wildman–Crippen LogP) is 6.55. The maximum Gasteiger partial charge on any atom is 0.331 e. The lowest BCUT2D eigenvalue weighted by Gasteiger charge is -2.13. The van der Waals surface area contributed by atoms with Gasteiger partial charge < -0.3 is 19.5 Å². The largest absolute Gasteiger partial charge is 0.494 e. The number of hydrogen-bond donors (Lipinski definition) is 1. The molecule has 0 aliphatic carbocycles. The average molecular weight is 514 g/mol. The van der Waals surface area contributed by atoms with E-state index in [-0.39, 0.29) is 6.61 Å². The lowest BCUT2D eigenvalue weighted by molar-refractivity contribution is -0.148. The Labute approximate surface area is 214 Å². The highest BCUT2D eigenvalue weighted by molar-refractivity contribution is 6.35. The Hall–Kier alpha value is -3.48. The molecule has 0 heterocycles. The van der Waals surface area contributed by atoms with Crippen LogP contribution in [0.25, 0.3) is 6.08 Å². The summed E-state index contributed by atoms with van der Waals surface area (Å²) in [5.41, 5.74) is 2.05. The minimum Gasteiger partial charge on any atom is -0.494 e. The normalized spacial score (nSPS) is 11.7. The summed E-state index contributed by atoms with van der Waals surface area (Å²) >= 11 is 12.3. The number of halogens is 2. The fraction of sp³-hybridized carbons (Fsp3) is 0.185. The highest BCUT2D eigenvalue weighted by Gasteiger charge is 2.16. The molecule has 8 heteroatoms. The van der Waals surface area contributed by atoms with Gasteiger partial charge >= 0.3 is 5.97 Å². The molecule has 35 heavy (non-hydrogen) atoms. The van der Waals surface area contributed by atoms with E-state index >= 15 is 0 Å².